The highest BCUT2D eigenvalue weighted by molar-refractivity contribution is 5.84. The Morgan fingerprint density at radius 3 is 2.68 bits per heavy atom. The van der Waals surface area contributed by atoms with Crippen LogP contribution < -0.4 is 0 Å². The Morgan fingerprint density at radius 1 is 1.42 bits per heavy atom. The Hall–Kier alpha value is -1.16. The second-order valence-electron chi connectivity index (χ2n) is 5.58. The van der Waals surface area contributed by atoms with E-state index in [1.165, 1.54) is 6.92 Å². The lowest BCUT2D eigenvalue weighted by molar-refractivity contribution is -0.158. The number of carbonyl (C=O) groups is 2. The Kier molecular flexibility index (Phi) is 6.22. The molecule has 0 bridgehead atoms. The van der Waals surface area contributed by atoms with Crippen LogP contribution in [-0.2, 0) is 19.1 Å². The molecule has 0 unspecified atom stereocenters. The lowest BCUT2D eigenvalue weighted by Gasteiger charge is -2.14. The molecule has 19 heavy (non-hydrogen) atoms. The maximum absolute atomic E-state index is 11.3. The molecule has 1 rings (SSSR count). The van der Waals surface area contributed by atoms with E-state index in [1.807, 2.05) is 0 Å². The van der Waals surface area contributed by atoms with Gasteiger partial charge in [0, 0.05) is 13.3 Å². The summed E-state index contributed by atoms with van der Waals surface area (Å²) >= 11 is 0. The molecular formula is C15H24O4. The summed E-state index contributed by atoms with van der Waals surface area (Å²) in [6.07, 6.45) is 3.86. The van der Waals surface area contributed by atoms with Crippen LogP contribution in [0.2, 0.25) is 0 Å². The standard InChI is InChI=1S/C15H24O4/c1-10(2)5-7-14-11(3)9-13(19-14)6-8-15(17)18-12(4)16/h10,13-14H,3,5-9H2,1-2,4H3/t13-,14-/m0/s1. The molecule has 0 aromatic rings. The highest BCUT2D eigenvalue weighted by Gasteiger charge is 2.28. The minimum Gasteiger partial charge on any atom is -0.393 e. The van der Waals surface area contributed by atoms with Gasteiger partial charge in [-0.1, -0.05) is 20.4 Å². The van der Waals surface area contributed by atoms with Gasteiger partial charge in [-0.25, -0.2) is 0 Å². The summed E-state index contributed by atoms with van der Waals surface area (Å²) in [6.45, 7) is 9.65. The van der Waals surface area contributed by atoms with Gasteiger partial charge in [-0.15, -0.1) is 0 Å². The van der Waals surface area contributed by atoms with Crippen LogP contribution in [-0.4, -0.2) is 24.1 Å². The van der Waals surface area contributed by atoms with Crippen molar-refractivity contribution in [3.05, 3.63) is 12.2 Å². The molecule has 0 saturated carbocycles. The maximum atomic E-state index is 11.3. The Bertz CT molecular complexity index is 346. The molecule has 2 atom stereocenters. The molecule has 0 aliphatic carbocycles. The molecule has 1 saturated heterocycles. The van der Waals surface area contributed by atoms with Crippen LogP contribution in [0.3, 0.4) is 0 Å². The SMILES string of the molecule is C=C1C[C@H](CCC(=O)OC(C)=O)O[C@H]1CCC(C)C. The molecule has 1 heterocycles. The van der Waals surface area contributed by atoms with Gasteiger partial charge in [0.15, 0.2) is 0 Å². The number of rotatable bonds is 6. The van der Waals surface area contributed by atoms with Crippen molar-refractivity contribution >= 4 is 11.9 Å². The van der Waals surface area contributed by atoms with Crippen LogP contribution in [0.25, 0.3) is 0 Å². The summed E-state index contributed by atoms with van der Waals surface area (Å²) < 4.78 is 10.4. The molecule has 4 nitrogen and oxygen atoms in total. The molecule has 1 aliphatic rings. The summed E-state index contributed by atoms with van der Waals surface area (Å²) in [4.78, 5) is 21.9. The average Bonchev–Trinajstić information content (AvgIpc) is 2.64. The van der Waals surface area contributed by atoms with E-state index in [4.69, 9.17) is 4.74 Å². The Labute approximate surface area is 115 Å². The van der Waals surface area contributed by atoms with Crippen LogP contribution in [0, 0.1) is 5.92 Å². The van der Waals surface area contributed by atoms with E-state index in [1.54, 1.807) is 0 Å². The van der Waals surface area contributed by atoms with Crippen molar-refractivity contribution in [1.29, 1.82) is 0 Å². The van der Waals surface area contributed by atoms with Crippen molar-refractivity contribution in [3.8, 4) is 0 Å². The highest BCUT2D eigenvalue weighted by atomic mass is 16.6. The molecule has 0 N–H and O–H groups in total. The van der Waals surface area contributed by atoms with E-state index < -0.39 is 11.9 Å². The summed E-state index contributed by atoms with van der Waals surface area (Å²) in [6, 6.07) is 0. The van der Waals surface area contributed by atoms with E-state index in [9.17, 15) is 9.59 Å². The van der Waals surface area contributed by atoms with E-state index in [2.05, 4.69) is 25.2 Å². The first kappa shape index (κ1) is 15.9. The van der Waals surface area contributed by atoms with E-state index in [0.717, 1.165) is 24.8 Å². The summed E-state index contributed by atoms with van der Waals surface area (Å²) in [5.41, 5.74) is 1.12. The lowest BCUT2D eigenvalue weighted by atomic mass is 9.99. The molecule has 1 fully saturated rings. The molecular weight excluding hydrogens is 244 g/mol. The number of esters is 2. The van der Waals surface area contributed by atoms with Gasteiger partial charge in [0.05, 0.1) is 12.2 Å². The average molecular weight is 268 g/mol. The van der Waals surface area contributed by atoms with Gasteiger partial charge in [-0.3, -0.25) is 9.59 Å². The van der Waals surface area contributed by atoms with E-state index in [-0.39, 0.29) is 18.6 Å². The Balaban J connectivity index is 2.28. The summed E-state index contributed by atoms with van der Waals surface area (Å²) in [7, 11) is 0. The van der Waals surface area contributed by atoms with Crippen molar-refractivity contribution in [2.24, 2.45) is 5.92 Å². The maximum Gasteiger partial charge on any atom is 0.313 e. The van der Waals surface area contributed by atoms with E-state index >= 15 is 0 Å². The van der Waals surface area contributed by atoms with Crippen LogP contribution in [0.15, 0.2) is 12.2 Å². The van der Waals surface area contributed by atoms with Gasteiger partial charge in [-0.05, 0) is 37.2 Å². The van der Waals surface area contributed by atoms with Crippen molar-refractivity contribution in [1.82, 2.24) is 0 Å². The van der Waals surface area contributed by atoms with Crippen molar-refractivity contribution in [3.63, 3.8) is 0 Å². The normalized spacial score (nSPS) is 22.8. The molecule has 4 heteroatoms. The highest BCUT2D eigenvalue weighted by Crippen LogP contribution is 2.30. The zero-order chi connectivity index (χ0) is 14.4. The predicted molar refractivity (Wildman–Crippen MR) is 72.5 cm³/mol. The summed E-state index contributed by atoms with van der Waals surface area (Å²) in [5.74, 6) is -0.384. The molecule has 108 valence electrons. The quantitative estimate of drug-likeness (QED) is 0.422. The zero-order valence-corrected chi connectivity index (χ0v) is 12.1. The molecule has 1 aliphatic heterocycles. The summed E-state index contributed by atoms with van der Waals surface area (Å²) in [5, 5.41) is 0. The minimum absolute atomic E-state index is 0.0316. The first-order chi connectivity index (χ1) is 8.88. The first-order valence-electron chi connectivity index (χ1n) is 6.92. The Morgan fingerprint density at radius 2 is 2.11 bits per heavy atom. The number of hydrogen-bond acceptors (Lipinski definition) is 4. The van der Waals surface area contributed by atoms with Crippen LogP contribution in [0.5, 0.6) is 0 Å². The van der Waals surface area contributed by atoms with Crippen LogP contribution in [0.1, 0.15) is 52.9 Å². The van der Waals surface area contributed by atoms with Gasteiger partial charge in [0.25, 0.3) is 0 Å². The van der Waals surface area contributed by atoms with Crippen LogP contribution >= 0.6 is 0 Å². The third-order valence-electron chi connectivity index (χ3n) is 3.24. The molecule has 0 aromatic heterocycles. The minimum atomic E-state index is -0.559. The molecule has 0 radical (unpaired) electrons. The van der Waals surface area contributed by atoms with Crippen molar-refractivity contribution in [2.75, 3.05) is 0 Å². The van der Waals surface area contributed by atoms with Crippen molar-refractivity contribution in [2.45, 2.75) is 65.1 Å². The van der Waals surface area contributed by atoms with Gasteiger partial charge >= 0.3 is 11.9 Å². The second kappa shape index (κ2) is 7.43. The van der Waals surface area contributed by atoms with Gasteiger partial charge < -0.3 is 9.47 Å². The fourth-order valence-corrected chi connectivity index (χ4v) is 2.22. The third-order valence-corrected chi connectivity index (χ3v) is 3.24. The smallest absolute Gasteiger partial charge is 0.313 e. The van der Waals surface area contributed by atoms with E-state index in [0.29, 0.717) is 12.3 Å². The predicted octanol–water partition coefficient (Wildman–Crippen LogP) is 3.01. The van der Waals surface area contributed by atoms with Gasteiger partial charge in [0.2, 0.25) is 0 Å². The number of hydrogen-bond donors (Lipinski definition) is 0. The first-order valence-corrected chi connectivity index (χ1v) is 6.92. The monoisotopic (exact) mass is 268 g/mol. The zero-order valence-electron chi connectivity index (χ0n) is 12.1. The molecule has 0 amide bonds. The molecule has 0 aromatic carbocycles. The van der Waals surface area contributed by atoms with Gasteiger partial charge in [-0.2, -0.15) is 0 Å². The number of carbonyl (C=O) groups excluding carboxylic acids is 2. The largest absolute Gasteiger partial charge is 0.393 e. The van der Waals surface area contributed by atoms with Crippen molar-refractivity contribution < 1.29 is 19.1 Å². The second-order valence-corrected chi connectivity index (χ2v) is 5.58. The lowest BCUT2D eigenvalue weighted by Crippen LogP contribution is -2.15. The third kappa shape index (κ3) is 6.01. The molecule has 0 spiro atoms. The topological polar surface area (TPSA) is 52.6 Å². The number of ether oxygens (including phenoxy) is 2. The fraction of sp³-hybridized carbons (Fsp3) is 0.733. The fourth-order valence-electron chi connectivity index (χ4n) is 2.22. The van der Waals surface area contributed by atoms with Gasteiger partial charge in [0.1, 0.15) is 0 Å². The van der Waals surface area contributed by atoms with Crippen LogP contribution in [0.4, 0.5) is 0 Å².